The fourth-order valence-electron chi connectivity index (χ4n) is 3.64. The Hall–Kier alpha value is -3.03. The summed E-state index contributed by atoms with van der Waals surface area (Å²) < 4.78 is 1.67. The SMILES string of the molecule is O=C(c1ccccn1)N1C2CC1CN(c1ccc3nncn3n1)C2. The Morgan fingerprint density at radius 2 is 2.00 bits per heavy atom. The van der Waals surface area contributed by atoms with E-state index in [2.05, 4.69) is 25.2 Å². The van der Waals surface area contributed by atoms with Crippen molar-refractivity contribution in [2.45, 2.75) is 18.5 Å². The zero-order valence-corrected chi connectivity index (χ0v) is 12.9. The normalized spacial score (nSPS) is 22.5. The highest BCUT2D eigenvalue weighted by Gasteiger charge is 2.48. The van der Waals surface area contributed by atoms with E-state index < -0.39 is 0 Å². The van der Waals surface area contributed by atoms with Gasteiger partial charge in [-0.05, 0) is 30.7 Å². The molecule has 0 aromatic carbocycles. The molecule has 24 heavy (non-hydrogen) atoms. The number of carbonyl (C=O) groups excluding carboxylic acids is 1. The molecular formula is C16H15N7O. The summed E-state index contributed by atoms with van der Waals surface area (Å²) in [7, 11) is 0. The van der Waals surface area contributed by atoms with E-state index in [0.717, 1.165) is 31.0 Å². The smallest absolute Gasteiger partial charge is 0.273 e. The molecule has 8 nitrogen and oxygen atoms in total. The lowest BCUT2D eigenvalue weighted by Gasteiger charge is -2.56. The van der Waals surface area contributed by atoms with Crippen LogP contribution in [0.3, 0.4) is 0 Å². The number of hydrogen-bond acceptors (Lipinski definition) is 6. The van der Waals surface area contributed by atoms with Gasteiger partial charge in [0.15, 0.2) is 5.65 Å². The van der Waals surface area contributed by atoms with Crippen molar-refractivity contribution < 1.29 is 4.79 Å². The first kappa shape index (κ1) is 13.4. The molecule has 2 bridgehead atoms. The third-order valence-corrected chi connectivity index (χ3v) is 4.78. The van der Waals surface area contributed by atoms with Gasteiger partial charge in [0.25, 0.3) is 5.91 Å². The summed E-state index contributed by atoms with van der Waals surface area (Å²) in [5.74, 6) is 0.917. The van der Waals surface area contributed by atoms with Crippen LogP contribution in [0.4, 0.5) is 5.82 Å². The maximum absolute atomic E-state index is 12.6. The van der Waals surface area contributed by atoms with Gasteiger partial charge >= 0.3 is 0 Å². The topological polar surface area (TPSA) is 79.5 Å². The van der Waals surface area contributed by atoms with Crippen LogP contribution in [-0.2, 0) is 0 Å². The van der Waals surface area contributed by atoms with E-state index in [9.17, 15) is 4.79 Å². The number of anilines is 1. The molecule has 2 unspecified atom stereocenters. The second-order valence-electron chi connectivity index (χ2n) is 6.20. The summed E-state index contributed by atoms with van der Waals surface area (Å²) in [6.45, 7) is 1.57. The predicted molar refractivity (Wildman–Crippen MR) is 85.6 cm³/mol. The first-order valence-corrected chi connectivity index (χ1v) is 7.95. The highest BCUT2D eigenvalue weighted by atomic mass is 16.2. The summed E-state index contributed by atoms with van der Waals surface area (Å²) in [5, 5.41) is 12.4. The number of amides is 1. The fraction of sp³-hybridized carbons (Fsp3) is 0.312. The molecule has 6 heterocycles. The Labute approximate surface area is 137 Å². The average Bonchev–Trinajstić information content (AvgIpc) is 3.10. The number of carbonyl (C=O) groups is 1. The lowest BCUT2D eigenvalue weighted by molar-refractivity contribution is 0.00521. The Kier molecular flexibility index (Phi) is 2.79. The van der Waals surface area contributed by atoms with Crippen LogP contribution < -0.4 is 4.90 Å². The number of pyridine rings is 1. The predicted octanol–water partition coefficient (Wildman–Crippen LogP) is 0.623. The van der Waals surface area contributed by atoms with E-state index in [1.807, 2.05) is 29.2 Å². The minimum absolute atomic E-state index is 0.0266. The average molecular weight is 321 g/mol. The minimum atomic E-state index is 0.0266. The van der Waals surface area contributed by atoms with Crippen molar-refractivity contribution in [3.8, 4) is 0 Å². The van der Waals surface area contributed by atoms with Gasteiger partial charge in [0.2, 0.25) is 0 Å². The lowest BCUT2D eigenvalue weighted by Crippen LogP contribution is -2.70. The van der Waals surface area contributed by atoms with Crippen molar-refractivity contribution in [3.05, 3.63) is 48.5 Å². The molecule has 3 saturated heterocycles. The largest absolute Gasteiger partial charge is 0.351 e. The second-order valence-corrected chi connectivity index (χ2v) is 6.20. The molecule has 120 valence electrons. The van der Waals surface area contributed by atoms with Crippen LogP contribution in [0.2, 0.25) is 0 Å². The number of aromatic nitrogens is 5. The van der Waals surface area contributed by atoms with Gasteiger partial charge in [0.1, 0.15) is 17.8 Å². The molecule has 3 aliphatic heterocycles. The molecule has 0 radical (unpaired) electrons. The molecule has 0 aliphatic carbocycles. The molecule has 3 aromatic rings. The zero-order chi connectivity index (χ0) is 16.1. The van der Waals surface area contributed by atoms with E-state index in [1.165, 1.54) is 0 Å². The molecule has 1 amide bonds. The quantitative estimate of drug-likeness (QED) is 0.688. The maximum Gasteiger partial charge on any atom is 0.273 e. The monoisotopic (exact) mass is 321 g/mol. The number of piperazine rings is 1. The second kappa shape index (κ2) is 4.98. The minimum Gasteiger partial charge on any atom is -0.351 e. The van der Waals surface area contributed by atoms with Gasteiger partial charge < -0.3 is 9.80 Å². The van der Waals surface area contributed by atoms with Crippen LogP contribution in [0, 0.1) is 0 Å². The van der Waals surface area contributed by atoms with Crippen molar-refractivity contribution in [3.63, 3.8) is 0 Å². The third-order valence-electron chi connectivity index (χ3n) is 4.78. The first-order valence-electron chi connectivity index (χ1n) is 7.95. The van der Waals surface area contributed by atoms with E-state index in [1.54, 1.807) is 23.1 Å². The maximum atomic E-state index is 12.6. The van der Waals surface area contributed by atoms with Gasteiger partial charge in [0.05, 0.1) is 12.1 Å². The molecule has 8 heteroatoms. The molecule has 0 spiro atoms. The van der Waals surface area contributed by atoms with Gasteiger partial charge in [-0.15, -0.1) is 15.3 Å². The van der Waals surface area contributed by atoms with E-state index in [4.69, 9.17) is 0 Å². The highest BCUT2D eigenvalue weighted by Crippen LogP contribution is 2.35. The third kappa shape index (κ3) is 1.96. The molecule has 3 aromatic heterocycles. The molecule has 0 N–H and O–H groups in total. The van der Waals surface area contributed by atoms with Gasteiger partial charge in [-0.2, -0.15) is 4.52 Å². The van der Waals surface area contributed by atoms with Crippen molar-refractivity contribution >= 4 is 17.4 Å². The summed E-state index contributed by atoms with van der Waals surface area (Å²) in [5.41, 5.74) is 1.25. The molecule has 3 fully saturated rings. The van der Waals surface area contributed by atoms with Crippen molar-refractivity contribution in [1.29, 1.82) is 0 Å². The number of nitrogens with zero attached hydrogens (tertiary/aromatic N) is 7. The van der Waals surface area contributed by atoms with Crippen LogP contribution >= 0.6 is 0 Å². The summed E-state index contributed by atoms with van der Waals surface area (Å²) >= 11 is 0. The van der Waals surface area contributed by atoms with Gasteiger partial charge in [-0.25, -0.2) is 0 Å². The van der Waals surface area contributed by atoms with Crippen molar-refractivity contribution in [2.24, 2.45) is 0 Å². The van der Waals surface area contributed by atoms with Crippen molar-refractivity contribution in [2.75, 3.05) is 18.0 Å². The standard InChI is InChI=1S/C16H15N7O/c24-16(13-3-1-2-6-17-13)23-11-7-12(23)9-21(8-11)15-5-4-14-19-18-10-22(14)20-15/h1-6,10-12H,7-9H2. The van der Waals surface area contributed by atoms with Crippen LogP contribution in [0.25, 0.3) is 5.65 Å². The number of piperidine rings is 1. The van der Waals surface area contributed by atoms with E-state index >= 15 is 0 Å². The molecular weight excluding hydrogens is 306 g/mol. The molecule has 0 saturated carbocycles. The van der Waals surface area contributed by atoms with E-state index in [-0.39, 0.29) is 18.0 Å². The van der Waals surface area contributed by atoms with Gasteiger partial charge in [0, 0.05) is 19.3 Å². The summed E-state index contributed by atoms with van der Waals surface area (Å²) in [4.78, 5) is 21.0. The summed E-state index contributed by atoms with van der Waals surface area (Å²) in [6.07, 6.45) is 4.30. The Bertz CT molecular complexity index is 897. The lowest BCUT2D eigenvalue weighted by atomic mass is 9.87. The van der Waals surface area contributed by atoms with Crippen LogP contribution in [-0.4, -0.2) is 60.8 Å². The Balaban J connectivity index is 1.36. The zero-order valence-electron chi connectivity index (χ0n) is 12.9. The Morgan fingerprint density at radius 3 is 2.79 bits per heavy atom. The fourth-order valence-corrected chi connectivity index (χ4v) is 3.64. The number of fused-ring (bicyclic) bond motifs is 3. The Morgan fingerprint density at radius 1 is 1.12 bits per heavy atom. The van der Waals surface area contributed by atoms with E-state index in [0.29, 0.717) is 5.69 Å². The number of rotatable bonds is 2. The van der Waals surface area contributed by atoms with Gasteiger partial charge in [-0.3, -0.25) is 9.78 Å². The molecule has 6 rings (SSSR count). The van der Waals surface area contributed by atoms with Gasteiger partial charge in [-0.1, -0.05) is 6.07 Å². The van der Waals surface area contributed by atoms with Crippen LogP contribution in [0.1, 0.15) is 16.9 Å². The highest BCUT2D eigenvalue weighted by molar-refractivity contribution is 5.93. The molecule has 2 atom stereocenters. The number of hydrogen-bond donors (Lipinski definition) is 0. The van der Waals surface area contributed by atoms with Crippen LogP contribution in [0.15, 0.2) is 42.9 Å². The molecule has 3 aliphatic rings. The van der Waals surface area contributed by atoms with Crippen LogP contribution in [0.5, 0.6) is 0 Å². The van der Waals surface area contributed by atoms with Crippen molar-refractivity contribution in [1.82, 2.24) is 29.7 Å². The first-order chi connectivity index (χ1) is 11.8. The summed E-state index contributed by atoms with van der Waals surface area (Å²) in [6, 6.07) is 9.75.